The van der Waals surface area contributed by atoms with Gasteiger partial charge in [-0.1, -0.05) is 87.4 Å². The largest absolute Gasteiger partial charge is 0.0730 e. The monoisotopic (exact) mass is 412 g/mol. The van der Waals surface area contributed by atoms with Gasteiger partial charge in [0.05, 0.1) is 0 Å². The molecule has 31 heavy (non-hydrogen) atoms. The lowest BCUT2D eigenvalue weighted by Crippen LogP contribution is -2.11. The number of benzene rings is 2. The summed E-state index contributed by atoms with van der Waals surface area (Å²) in [5, 5.41) is 0. The molecule has 0 amide bonds. The predicted molar refractivity (Wildman–Crippen MR) is 135 cm³/mol. The minimum absolute atomic E-state index is 0.690. The van der Waals surface area contributed by atoms with E-state index in [1.54, 1.807) is 5.56 Å². The summed E-state index contributed by atoms with van der Waals surface area (Å²) in [6, 6.07) is 18.3. The van der Waals surface area contributed by atoms with Gasteiger partial charge in [0.15, 0.2) is 0 Å². The lowest BCUT2D eigenvalue weighted by molar-refractivity contribution is 0.376. The molecule has 0 N–H and O–H groups in total. The predicted octanol–water partition coefficient (Wildman–Crippen LogP) is 8.64. The van der Waals surface area contributed by atoms with Gasteiger partial charge in [-0.25, -0.2) is 0 Å². The first-order valence-electron chi connectivity index (χ1n) is 12.6. The fourth-order valence-electron chi connectivity index (χ4n) is 4.63. The second-order valence-electron chi connectivity index (χ2n) is 9.24. The number of aryl methyl sites for hydroxylation is 2. The zero-order valence-corrected chi connectivity index (χ0v) is 19.7. The van der Waals surface area contributed by atoms with Gasteiger partial charge in [0.2, 0.25) is 0 Å². The van der Waals surface area contributed by atoms with E-state index in [2.05, 4.69) is 86.4 Å². The molecule has 0 spiro atoms. The fraction of sp³-hybridized carbons (Fsp3) is 0.484. The van der Waals surface area contributed by atoms with Crippen molar-refractivity contribution < 1.29 is 0 Å². The average Bonchev–Trinajstić information content (AvgIpc) is 2.82. The topological polar surface area (TPSA) is 0 Å². The van der Waals surface area contributed by atoms with Gasteiger partial charge in [-0.05, 0) is 98.1 Å². The molecule has 0 heteroatoms. The van der Waals surface area contributed by atoms with E-state index in [9.17, 15) is 0 Å². The molecular weight excluding hydrogens is 372 g/mol. The van der Waals surface area contributed by atoms with Crippen LogP contribution in [0.25, 0.3) is 0 Å². The molecule has 3 rings (SSSR count). The average molecular weight is 413 g/mol. The van der Waals surface area contributed by atoms with Crippen LogP contribution < -0.4 is 0 Å². The third-order valence-electron chi connectivity index (χ3n) is 6.73. The van der Waals surface area contributed by atoms with Crippen molar-refractivity contribution in [2.45, 2.75) is 90.4 Å². The van der Waals surface area contributed by atoms with Gasteiger partial charge in [0, 0.05) is 5.56 Å². The van der Waals surface area contributed by atoms with Gasteiger partial charge in [-0.2, -0.15) is 0 Å². The summed E-state index contributed by atoms with van der Waals surface area (Å²) in [6.07, 6.45) is 18.5. The maximum Gasteiger partial charge on any atom is 0.0249 e. The van der Waals surface area contributed by atoms with Crippen molar-refractivity contribution in [2.75, 3.05) is 0 Å². The summed E-state index contributed by atoms with van der Waals surface area (Å²) >= 11 is 0. The van der Waals surface area contributed by atoms with Crippen molar-refractivity contribution in [3.63, 3.8) is 0 Å². The molecule has 0 heterocycles. The van der Waals surface area contributed by atoms with Gasteiger partial charge in [0.25, 0.3) is 0 Å². The highest BCUT2D eigenvalue weighted by atomic mass is 14.3. The summed E-state index contributed by atoms with van der Waals surface area (Å²) in [6.45, 7) is 4.52. The normalized spacial score (nSPS) is 18.6. The third-order valence-corrected chi connectivity index (χ3v) is 6.73. The summed E-state index contributed by atoms with van der Waals surface area (Å²) < 4.78 is 0. The second-order valence-corrected chi connectivity index (χ2v) is 9.24. The van der Waals surface area contributed by atoms with Crippen LogP contribution in [0.4, 0.5) is 0 Å². The Morgan fingerprint density at radius 2 is 1.35 bits per heavy atom. The Kier molecular flexibility index (Phi) is 9.98. The first-order chi connectivity index (χ1) is 15.3. The lowest BCUT2D eigenvalue weighted by atomic mass is 9.78. The molecule has 1 saturated carbocycles. The molecule has 1 aliphatic carbocycles. The quantitative estimate of drug-likeness (QED) is 0.285. The van der Waals surface area contributed by atoms with Crippen molar-refractivity contribution in [1.82, 2.24) is 0 Å². The Hall–Kier alpha value is -2.26. The van der Waals surface area contributed by atoms with E-state index in [0.717, 1.165) is 11.5 Å². The SMILES string of the molecule is CCCCCc1ccc(C#C/C=C/[C@H]2CC[C@H](c3ccc(CCCC)cc3)CC2)cc1. The minimum Gasteiger partial charge on any atom is -0.0730 e. The molecular formula is C31H40. The number of hydrogen-bond donors (Lipinski definition) is 0. The summed E-state index contributed by atoms with van der Waals surface area (Å²) in [4.78, 5) is 0. The highest BCUT2D eigenvalue weighted by Gasteiger charge is 2.20. The molecule has 0 saturated heterocycles. The minimum atomic E-state index is 0.690. The zero-order chi connectivity index (χ0) is 21.7. The van der Waals surface area contributed by atoms with Crippen molar-refractivity contribution in [3.05, 3.63) is 82.9 Å². The third kappa shape index (κ3) is 8.06. The molecule has 0 bridgehead atoms. The maximum atomic E-state index is 3.30. The fourth-order valence-corrected chi connectivity index (χ4v) is 4.63. The van der Waals surface area contributed by atoms with Crippen LogP contribution in [-0.2, 0) is 12.8 Å². The van der Waals surface area contributed by atoms with Gasteiger partial charge >= 0.3 is 0 Å². The van der Waals surface area contributed by atoms with Crippen molar-refractivity contribution in [2.24, 2.45) is 5.92 Å². The number of rotatable bonds is 9. The number of hydrogen-bond acceptors (Lipinski definition) is 0. The zero-order valence-electron chi connectivity index (χ0n) is 19.7. The highest BCUT2D eigenvalue weighted by Crippen LogP contribution is 2.36. The van der Waals surface area contributed by atoms with Crippen LogP contribution in [0, 0.1) is 17.8 Å². The molecule has 0 nitrogen and oxygen atoms in total. The first kappa shape index (κ1) is 23.4. The van der Waals surface area contributed by atoms with Crippen molar-refractivity contribution in [3.8, 4) is 11.8 Å². The molecule has 0 atom stereocenters. The smallest absolute Gasteiger partial charge is 0.0249 e. The molecule has 0 radical (unpaired) electrons. The Balaban J connectivity index is 1.42. The molecule has 0 aromatic heterocycles. The van der Waals surface area contributed by atoms with E-state index in [4.69, 9.17) is 0 Å². The molecule has 0 aliphatic heterocycles. The van der Waals surface area contributed by atoms with Crippen LogP contribution in [0.3, 0.4) is 0 Å². The van der Waals surface area contributed by atoms with Gasteiger partial charge in [-0.3, -0.25) is 0 Å². The van der Waals surface area contributed by atoms with Gasteiger partial charge < -0.3 is 0 Å². The number of unbranched alkanes of at least 4 members (excludes halogenated alkanes) is 3. The maximum absolute atomic E-state index is 3.30. The van der Waals surface area contributed by atoms with E-state index < -0.39 is 0 Å². The van der Waals surface area contributed by atoms with Gasteiger partial charge in [-0.15, -0.1) is 0 Å². The molecule has 2 aromatic carbocycles. The Morgan fingerprint density at radius 3 is 2.00 bits per heavy atom. The standard InChI is InChI=1S/C31H40/c1-3-5-7-11-27-14-16-28(17-15-27)12-8-9-13-29-20-24-31(25-21-29)30-22-18-26(19-23-30)10-6-4-2/h9,13-19,22-23,29,31H,3-7,10-11,20-21,24-25H2,1-2H3/b13-9+/t29-,31-. The van der Waals surface area contributed by atoms with E-state index in [1.807, 2.05) is 0 Å². The second kappa shape index (κ2) is 13.2. The Morgan fingerprint density at radius 1 is 0.742 bits per heavy atom. The van der Waals surface area contributed by atoms with Crippen LogP contribution >= 0.6 is 0 Å². The molecule has 0 unspecified atom stereocenters. The van der Waals surface area contributed by atoms with Crippen LogP contribution in [-0.4, -0.2) is 0 Å². The first-order valence-corrected chi connectivity index (χ1v) is 12.6. The molecule has 1 fully saturated rings. The lowest BCUT2D eigenvalue weighted by Gasteiger charge is -2.27. The summed E-state index contributed by atoms with van der Waals surface area (Å²) in [5.41, 5.74) is 5.59. The van der Waals surface area contributed by atoms with Crippen LogP contribution in [0.5, 0.6) is 0 Å². The van der Waals surface area contributed by atoms with Crippen molar-refractivity contribution >= 4 is 0 Å². The molecule has 164 valence electrons. The Labute approximate surface area is 191 Å². The highest BCUT2D eigenvalue weighted by molar-refractivity contribution is 5.38. The molecule has 2 aromatic rings. The van der Waals surface area contributed by atoms with E-state index in [1.165, 1.54) is 81.8 Å². The van der Waals surface area contributed by atoms with E-state index >= 15 is 0 Å². The van der Waals surface area contributed by atoms with Crippen LogP contribution in [0.2, 0.25) is 0 Å². The Bertz CT molecular complexity index is 834. The summed E-state index contributed by atoms with van der Waals surface area (Å²) in [5.74, 6) is 7.98. The van der Waals surface area contributed by atoms with E-state index in [-0.39, 0.29) is 0 Å². The van der Waals surface area contributed by atoms with Crippen molar-refractivity contribution in [1.29, 1.82) is 0 Å². The van der Waals surface area contributed by atoms with Crippen LogP contribution in [0.15, 0.2) is 60.7 Å². The summed E-state index contributed by atoms with van der Waals surface area (Å²) in [7, 11) is 0. The van der Waals surface area contributed by atoms with E-state index in [0.29, 0.717) is 5.92 Å². The van der Waals surface area contributed by atoms with Gasteiger partial charge in [0.1, 0.15) is 0 Å². The number of allylic oxidation sites excluding steroid dienone is 2. The van der Waals surface area contributed by atoms with Crippen LogP contribution in [0.1, 0.15) is 99.8 Å². The molecule has 1 aliphatic rings.